The number of aliphatic hydroxyl groups is 1. The van der Waals surface area contributed by atoms with E-state index in [4.69, 9.17) is 0 Å². The van der Waals surface area contributed by atoms with E-state index in [2.05, 4.69) is 46.3 Å². The van der Waals surface area contributed by atoms with Crippen molar-refractivity contribution in [2.75, 3.05) is 13.1 Å². The summed E-state index contributed by atoms with van der Waals surface area (Å²) in [5.41, 5.74) is 2.76. The van der Waals surface area contributed by atoms with Crippen LogP contribution in [0, 0.1) is 11.3 Å². The number of aliphatic hydroxyl groups excluding tert-OH is 1. The van der Waals surface area contributed by atoms with E-state index in [-0.39, 0.29) is 0 Å². The van der Waals surface area contributed by atoms with Gasteiger partial charge in [-0.25, -0.2) is 0 Å². The number of hydrogen-bond acceptors (Lipinski definition) is 4. The fourth-order valence-corrected chi connectivity index (χ4v) is 5.10. The molecule has 4 heteroatoms. The predicted molar refractivity (Wildman–Crippen MR) is 122 cm³/mol. The van der Waals surface area contributed by atoms with Crippen LogP contribution in [0.25, 0.3) is 0 Å². The molecule has 1 atom stereocenters. The second kappa shape index (κ2) is 9.87. The number of benzene rings is 2. The third-order valence-electron chi connectivity index (χ3n) is 6.59. The third kappa shape index (κ3) is 4.25. The van der Waals surface area contributed by atoms with E-state index >= 15 is 0 Å². The molecule has 0 saturated carbocycles. The van der Waals surface area contributed by atoms with Gasteiger partial charge in [0.1, 0.15) is 0 Å². The third-order valence-corrected chi connectivity index (χ3v) is 6.59. The first-order valence-corrected chi connectivity index (χ1v) is 11.1. The molecule has 1 unspecified atom stereocenters. The molecule has 0 spiro atoms. The second-order valence-corrected chi connectivity index (χ2v) is 8.26. The Bertz CT molecular complexity index is 938. The van der Waals surface area contributed by atoms with Crippen LogP contribution in [0.2, 0.25) is 0 Å². The molecular weight excluding hydrogens is 382 g/mol. The molecule has 0 amide bonds. The molecule has 1 N–H and O–H groups in total. The molecule has 1 aliphatic heterocycles. The van der Waals surface area contributed by atoms with Crippen molar-refractivity contribution in [1.82, 2.24) is 9.88 Å². The van der Waals surface area contributed by atoms with E-state index < -0.39 is 11.6 Å². The van der Waals surface area contributed by atoms with Crippen LogP contribution in [0.1, 0.15) is 48.3 Å². The number of rotatable bonds is 7. The highest BCUT2D eigenvalue weighted by Crippen LogP contribution is 2.43. The summed E-state index contributed by atoms with van der Waals surface area (Å²) < 4.78 is 0. The van der Waals surface area contributed by atoms with Gasteiger partial charge in [-0.1, -0.05) is 66.7 Å². The van der Waals surface area contributed by atoms with Crippen LogP contribution in [0.3, 0.4) is 0 Å². The molecule has 1 aromatic heterocycles. The van der Waals surface area contributed by atoms with Gasteiger partial charge < -0.3 is 5.11 Å². The van der Waals surface area contributed by atoms with Crippen molar-refractivity contribution in [3.8, 4) is 6.07 Å². The minimum Gasteiger partial charge on any atom is -0.390 e. The fourth-order valence-electron chi connectivity index (χ4n) is 5.10. The first-order chi connectivity index (χ1) is 15.3. The SMILES string of the molecule is N#CCCC(O)C(c1ccccc1)(c1ccccc1)N1CCC(c2cccnc2)CC1. The summed E-state index contributed by atoms with van der Waals surface area (Å²) in [6.45, 7) is 1.74. The Hall–Kier alpha value is -3.00. The summed E-state index contributed by atoms with van der Waals surface area (Å²) >= 11 is 0. The van der Waals surface area contributed by atoms with Gasteiger partial charge in [0.15, 0.2) is 0 Å². The van der Waals surface area contributed by atoms with Crippen molar-refractivity contribution in [3.05, 3.63) is 102 Å². The maximum atomic E-state index is 11.6. The molecular formula is C27H29N3O. The van der Waals surface area contributed by atoms with Gasteiger partial charge in [-0.15, -0.1) is 0 Å². The highest BCUT2D eigenvalue weighted by Gasteiger charge is 2.47. The number of nitriles is 1. The van der Waals surface area contributed by atoms with Gasteiger partial charge in [0, 0.05) is 18.8 Å². The molecule has 4 nitrogen and oxygen atoms in total. The molecule has 1 aliphatic rings. The van der Waals surface area contributed by atoms with Gasteiger partial charge >= 0.3 is 0 Å². The summed E-state index contributed by atoms with van der Waals surface area (Å²) in [6.07, 6.45) is 5.89. The molecule has 0 aliphatic carbocycles. The summed E-state index contributed by atoms with van der Waals surface area (Å²) in [6, 6.07) is 27.0. The van der Waals surface area contributed by atoms with E-state index in [1.807, 2.05) is 54.9 Å². The highest BCUT2D eigenvalue weighted by molar-refractivity contribution is 5.41. The zero-order chi connectivity index (χ0) is 21.5. The minimum absolute atomic E-state index is 0.328. The first-order valence-electron chi connectivity index (χ1n) is 11.1. The lowest BCUT2D eigenvalue weighted by atomic mass is 9.73. The summed E-state index contributed by atoms with van der Waals surface area (Å²) in [5, 5.41) is 20.8. The Morgan fingerprint density at radius 1 is 0.968 bits per heavy atom. The molecule has 0 radical (unpaired) electrons. The van der Waals surface area contributed by atoms with E-state index in [9.17, 15) is 10.4 Å². The zero-order valence-corrected chi connectivity index (χ0v) is 17.8. The van der Waals surface area contributed by atoms with Crippen LogP contribution >= 0.6 is 0 Å². The topological polar surface area (TPSA) is 60.1 Å². The maximum absolute atomic E-state index is 11.6. The summed E-state index contributed by atoms with van der Waals surface area (Å²) in [5.74, 6) is 0.477. The Labute approximate surface area is 184 Å². The lowest BCUT2D eigenvalue weighted by molar-refractivity contribution is -0.0261. The molecule has 1 fully saturated rings. The number of likely N-dealkylation sites (tertiary alicyclic amines) is 1. The number of nitrogens with zero attached hydrogens (tertiary/aromatic N) is 3. The van der Waals surface area contributed by atoms with Gasteiger partial charge in [0.2, 0.25) is 0 Å². The first kappa shape index (κ1) is 21.2. The number of aromatic nitrogens is 1. The maximum Gasteiger partial charge on any atom is 0.0979 e. The minimum atomic E-state index is -0.688. The Balaban J connectivity index is 1.74. The van der Waals surface area contributed by atoms with Crippen LogP contribution in [-0.4, -0.2) is 34.2 Å². The highest BCUT2D eigenvalue weighted by atomic mass is 16.3. The van der Waals surface area contributed by atoms with E-state index in [1.165, 1.54) is 5.56 Å². The van der Waals surface area contributed by atoms with E-state index in [0.717, 1.165) is 37.1 Å². The quantitative estimate of drug-likeness (QED) is 0.603. The molecule has 0 bridgehead atoms. The van der Waals surface area contributed by atoms with Gasteiger partial charge in [-0.2, -0.15) is 5.26 Å². The largest absolute Gasteiger partial charge is 0.390 e. The number of hydrogen-bond donors (Lipinski definition) is 1. The van der Waals surface area contributed by atoms with Crippen molar-refractivity contribution in [2.24, 2.45) is 0 Å². The molecule has 4 rings (SSSR count). The lowest BCUT2D eigenvalue weighted by Crippen LogP contribution is -2.57. The Morgan fingerprint density at radius 2 is 1.58 bits per heavy atom. The van der Waals surface area contributed by atoms with Crippen molar-refractivity contribution in [2.45, 2.75) is 43.2 Å². The average molecular weight is 412 g/mol. The summed E-state index contributed by atoms with van der Waals surface area (Å²) in [7, 11) is 0. The van der Waals surface area contributed by atoms with Gasteiger partial charge in [-0.3, -0.25) is 9.88 Å². The van der Waals surface area contributed by atoms with Crippen LogP contribution in [0.15, 0.2) is 85.2 Å². The fraction of sp³-hybridized carbons (Fsp3) is 0.333. The lowest BCUT2D eigenvalue weighted by Gasteiger charge is -2.50. The van der Waals surface area contributed by atoms with Gasteiger partial charge in [0.25, 0.3) is 0 Å². The molecule has 31 heavy (non-hydrogen) atoms. The second-order valence-electron chi connectivity index (χ2n) is 8.26. The molecule has 1 saturated heterocycles. The Morgan fingerprint density at radius 3 is 2.10 bits per heavy atom. The van der Waals surface area contributed by atoms with Crippen LogP contribution < -0.4 is 0 Å². The van der Waals surface area contributed by atoms with Crippen LogP contribution in [0.4, 0.5) is 0 Å². The normalized spacial score (nSPS) is 16.5. The Kier molecular flexibility index (Phi) is 6.76. The van der Waals surface area contributed by atoms with Crippen LogP contribution in [0.5, 0.6) is 0 Å². The average Bonchev–Trinajstić information content (AvgIpc) is 2.85. The molecule has 158 valence electrons. The van der Waals surface area contributed by atoms with Gasteiger partial charge in [-0.05, 0) is 61.0 Å². The summed E-state index contributed by atoms with van der Waals surface area (Å²) in [4.78, 5) is 6.74. The van der Waals surface area contributed by atoms with Crippen molar-refractivity contribution >= 4 is 0 Å². The molecule has 2 heterocycles. The predicted octanol–water partition coefficient (Wildman–Crippen LogP) is 4.87. The van der Waals surface area contributed by atoms with E-state index in [0.29, 0.717) is 18.8 Å². The number of pyridine rings is 1. The zero-order valence-electron chi connectivity index (χ0n) is 17.8. The van der Waals surface area contributed by atoms with Crippen molar-refractivity contribution in [1.29, 1.82) is 5.26 Å². The molecule has 3 aromatic rings. The van der Waals surface area contributed by atoms with Crippen LogP contribution in [-0.2, 0) is 5.54 Å². The van der Waals surface area contributed by atoms with E-state index in [1.54, 1.807) is 0 Å². The smallest absolute Gasteiger partial charge is 0.0979 e. The van der Waals surface area contributed by atoms with Crippen molar-refractivity contribution < 1.29 is 5.11 Å². The molecule has 2 aromatic carbocycles. The number of piperidine rings is 1. The van der Waals surface area contributed by atoms with Gasteiger partial charge in [0.05, 0.1) is 17.7 Å². The standard InChI is InChI=1S/C27H29N3O/c28-17-7-14-26(31)27(24-10-3-1-4-11-24,25-12-5-2-6-13-25)30-19-15-22(16-20-30)23-9-8-18-29-21-23/h1-6,8-13,18,21-22,26,31H,7,14-16,19-20H2. The monoisotopic (exact) mass is 411 g/mol. The van der Waals surface area contributed by atoms with Crippen molar-refractivity contribution in [3.63, 3.8) is 0 Å².